The van der Waals surface area contributed by atoms with Gasteiger partial charge in [0.2, 0.25) is 0 Å². The number of rotatable bonds is 4. The third-order valence-corrected chi connectivity index (χ3v) is 3.57. The maximum absolute atomic E-state index is 13.8. The molecule has 0 unspecified atom stereocenters. The largest absolute Gasteiger partial charge is 0.343 e. The zero-order valence-electron chi connectivity index (χ0n) is 11.2. The Morgan fingerprint density at radius 3 is 2.70 bits per heavy atom. The molecule has 102 valence electrons. The van der Waals surface area contributed by atoms with Crippen molar-refractivity contribution in [3.05, 3.63) is 71.7 Å². The van der Waals surface area contributed by atoms with Gasteiger partial charge in [-0.1, -0.05) is 30.3 Å². The van der Waals surface area contributed by atoms with E-state index in [1.54, 1.807) is 6.07 Å². The minimum Gasteiger partial charge on any atom is -0.343 e. The topological polar surface area (TPSA) is 30.9 Å². The molecule has 2 nitrogen and oxygen atoms in total. The molecule has 3 rings (SSSR count). The number of benzene rings is 2. The Balaban J connectivity index is 1.99. The Morgan fingerprint density at radius 2 is 1.90 bits per heavy atom. The monoisotopic (exact) mass is 268 g/mol. The first-order valence-corrected chi connectivity index (χ1v) is 6.79. The number of hydrogen-bond acceptors (Lipinski definition) is 1. The van der Waals surface area contributed by atoms with E-state index in [4.69, 9.17) is 5.73 Å². The van der Waals surface area contributed by atoms with E-state index in [9.17, 15) is 4.39 Å². The normalized spacial score (nSPS) is 11.1. The Labute approximate surface area is 117 Å². The lowest BCUT2D eigenvalue weighted by atomic mass is 10.1. The van der Waals surface area contributed by atoms with Crippen LogP contribution in [0, 0.1) is 5.82 Å². The van der Waals surface area contributed by atoms with Gasteiger partial charge in [-0.25, -0.2) is 4.39 Å². The highest BCUT2D eigenvalue weighted by atomic mass is 19.1. The fourth-order valence-electron chi connectivity index (χ4n) is 2.50. The summed E-state index contributed by atoms with van der Waals surface area (Å²) in [5.74, 6) is -0.160. The molecule has 0 spiro atoms. The van der Waals surface area contributed by atoms with Crippen LogP contribution in [-0.4, -0.2) is 11.1 Å². The molecule has 2 N–H and O–H groups in total. The Morgan fingerprint density at radius 1 is 1.05 bits per heavy atom. The summed E-state index contributed by atoms with van der Waals surface area (Å²) in [7, 11) is 0. The van der Waals surface area contributed by atoms with Gasteiger partial charge in [0.05, 0.1) is 6.54 Å². The van der Waals surface area contributed by atoms with E-state index in [0.29, 0.717) is 18.7 Å². The van der Waals surface area contributed by atoms with E-state index in [1.807, 2.05) is 18.3 Å². The first-order chi connectivity index (χ1) is 9.78. The van der Waals surface area contributed by atoms with Crippen LogP contribution in [0.25, 0.3) is 10.9 Å². The first-order valence-electron chi connectivity index (χ1n) is 6.79. The minimum absolute atomic E-state index is 0.160. The molecule has 0 aliphatic rings. The van der Waals surface area contributed by atoms with Gasteiger partial charge >= 0.3 is 0 Å². The number of nitrogens with zero attached hydrogens (tertiary/aromatic N) is 1. The first kappa shape index (κ1) is 12.9. The molecule has 1 aromatic heterocycles. The molecule has 0 atom stereocenters. The van der Waals surface area contributed by atoms with Gasteiger partial charge in [-0.2, -0.15) is 0 Å². The van der Waals surface area contributed by atoms with Crippen molar-refractivity contribution in [2.24, 2.45) is 5.73 Å². The highest BCUT2D eigenvalue weighted by Gasteiger charge is 2.06. The maximum Gasteiger partial charge on any atom is 0.128 e. The van der Waals surface area contributed by atoms with E-state index in [2.05, 4.69) is 28.8 Å². The zero-order chi connectivity index (χ0) is 13.9. The number of halogens is 1. The lowest BCUT2D eigenvalue weighted by Crippen LogP contribution is -2.03. The van der Waals surface area contributed by atoms with E-state index >= 15 is 0 Å². The average molecular weight is 268 g/mol. The van der Waals surface area contributed by atoms with Crippen molar-refractivity contribution in [3.8, 4) is 0 Å². The van der Waals surface area contributed by atoms with E-state index in [-0.39, 0.29) is 5.82 Å². The van der Waals surface area contributed by atoms with Gasteiger partial charge in [0.15, 0.2) is 0 Å². The third kappa shape index (κ3) is 2.45. The van der Waals surface area contributed by atoms with Crippen molar-refractivity contribution in [2.45, 2.75) is 13.0 Å². The summed E-state index contributed by atoms with van der Waals surface area (Å²) in [6, 6.07) is 15.3. The highest BCUT2D eigenvalue weighted by molar-refractivity contribution is 5.81. The van der Waals surface area contributed by atoms with Crippen LogP contribution < -0.4 is 5.73 Å². The van der Waals surface area contributed by atoms with Crippen LogP contribution in [0.1, 0.15) is 11.1 Å². The molecule has 0 aliphatic heterocycles. The predicted octanol–water partition coefficient (Wildman–Crippen LogP) is 3.33. The Hall–Kier alpha value is -2.13. The number of aromatic nitrogens is 1. The number of nitrogens with two attached hydrogens (primary N) is 1. The summed E-state index contributed by atoms with van der Waals surface area (Å²) in [4.78, 5) is 0. The van der Waals surface area contributed by atoms with Crippen LogP contribution in [0.15, 0.2) is 54.7 Å². The van der Waals surface area contributed by atoms with Gasteiger partial charge in [0.25, 0.3) is 0 Å². The lowest BCUT2D eigenvalue weighted by molar-refractivity contribution is 0.602. The van der Waals surface area contributed by atoms with Crippen LogP contribution in [0.3, 0.4) is 0 Å². The molecular weight excluding hydrogens is 251 g/mol. The molecule has 3 aromatic rings. The van der Waals surface area contributed by atoms with Crippen molar-refractivity contribution >= 4 is 10.9 Å². The summed E-state index contributed by atoms with van der Waals surface area (Å²) in [6.07, 6.45) is 2.87. The van der Waals surface area contributed by atoms with Crippen molar-refractivity contribution < 1.29 is 4.39 Å². The fraction of sp³-hybridized carbons (Fsp3) is 0.176. The van der Waals surface area contributed by atoms with E-state index in [1.165, 1.54) is 17.0 Å². The smallest absolute Gasteiger partial charge is 0.128 e. The Kier molecular flexibility index (Phi) is 3.52. The second kappa shape index (κ2) is 5.47. The molecule has 2 aromatic carbocycles. The quantitative estimate of drug-likeness (QED) is 0.773. The molecule has 3 heteroatoms. The van der Waals surface area contributed by atoms with Crippen LogP contribution >= 0.6 is 0 Å². The van der Waals surface area contributed by atoms with Crippen molar-refractivity contribution in [1.29, 1.82) is 0 Å². The summed E-state index contributed by atoms with van der Waals surface area (Å²) in [5, 5.41) is 1.17. The molecule has 0 saturated carbocycles. The fourth-order valence-corrected chi connectivity index (χ4v) is 2.50. The van der Waals surface area contributed by atoms with Crippen molar-refractivity contribution in [2.75, 3.05) is 6.54 Å². The van der Waals surface area contributed by atoms with Gasteiger partial charge in [0.1, 0.15) is 5.82 Å². The van der Waals surface area contributed by atoms with Gasteiger partial charge in [-0.05, 0) is 42.1 Å². The van der Waals surface area contributed by atoms with Gasteiger partial charge in [0, 0.05) is 17.3 Å². The van der Waals surface area contributed by atoms with Crippen molar-refractivity contribution in [3.63, 3.8) is 0 Å². The van der Waals surface area contributed by atoms with E-state index < -0.39 is 0 Å². The van der Waals surface area contributed by atoms with E-state index in [0.717, 1.165) is 11.9 Å². The maximum atomic E-state index is 13.8. The summed E-state index contributed by atoms with van der Waals surface area (Å²) >= 11 is 0. The van der Waals surface area contributed by atoms with Gasteiger partial charge < -0.3 is 10.3 Å². The van der Waals surface area contributed by atoms with Crippen molar-refractivity contribution in [1.82, 2.24) is 4.57 Å². The minimum atomic E-state index is -0.160. The molecule has 0 saturated heterocycles. The molecule has 0 aliphatic carbocycles. The molecule has 0 radical (unpaired) electrons. The molecule has 0 bridgehead atoms. The lowest BCUT2D eigenvalue weighted by Gasteiger charge is -2.08. The second-order valence-corrected chi connectivity index (χ2v) is 4.97. The summed E-state index contributed by atoms with van der Waals surface area (Å²) in [5.41, 5.74) is 8.65. The third-order valence-electron chi connectivity index (χ3n) is 3.57. The number of fused-ring (bicyclic) bond motifs is 1. The van der Waals surface area contributed by atoms with Crippen LogP contribution in [0.4, 0.5) is 4.39 Å². The standard InChI is InChI=1S/C17H17FN2/c18-16-4-2-1-3-15(16)12-20-10-8-14-6-5-13(7-9-19)11-17(14)20/h1-6,8,10-11H,7,9,12,19H2. The predicted molar refractivity (Wildman–Crippen MR) is 80.2 cm³/mol. The van der Waals surface area contributed by atoms with Gasteiger partial charge in [-0.3, -0.25) is 0 Å². The Bertz CT molecular complexity index is 731. The summed E-state index contributed by atoms with van der Waals surface area (Å²) < 4.78 is 15.8. The van der Waals surface area contributed by atoms with Crippen LogP contribution in [-0.2, 0) is 13.0 Å². The average Bonchev–Trinajstić information content (AvgIpc) is 2.85. The zero-order valence-corrected chi connectivity index (χ0v) is 11.2. The van der Waals surface area contributed by atoms with Crippen LogP contribution in [0.2, 0.25) is 0 Å². The second-order valence-electron chi connectivity index (χ2n) is 4.97. The van der Waals surface area contributed by atoms with Gasteiger partial charge in [-0.15, -0.1) is 0 Å². The molecule has 20 heavy (non-hydrogen) atoms. The highest BCUT2D eigenvalue weighted by Crippen LogP contribution is 2.20. The molecule has 0 amide bonds. The number of hydrogen-bond donors (Lipinski definition) is 1. The SMILES string of the molecule is NCCc1ccc2ccn(Cc3ccccc3F)c2c1. The molecule has 0 fully saturated rings. The summed E-state index contributed by atoms with van der Waals surface area (Å²) in [6.45, 7) is 1.18. The molecular formula is C17H17FN2. The molecule has 1 heterocycles. The van der Waals surface area contributed by atoms with Crippen LogP contribution in [0.5, 0.6) is 0 Å².